The Labute approximate surface area is 184 Å². The lowest BCUT2D eigenvalue weighted by atomic mass is 9.95. The van der Waals surface area contributed by atoms with Crippen molar-refractivity contribution in [3.63, 3.8) is 0 Å². The van der Waals surface area contributed by atoms with Gasteiger partial charge >= 0.3 is 0 Å². The third-order valence-electron chi connectivity index (χ3n) is 4.89. The highest BCUT2D eigenvalue weighted by Crippen LogP contribution is 2.41. The minimum Gasteiger partial charge on any atom is -0.507 e. The van der Waals surface area contributed by atoms with Gasteiger partial charge in [-0.15, -0.1) is 0 Å². The van der Waals surface area contributed by atoms with E-state index in [1.165, 1.54) is 18.1 Å². The molecule has 158 valence electrons. The summed E-state index contributed by atoms with van der Waals surface area (Å²) in [6.45, 7) is 0.716. The van der Waals surface area contributed by atoms with E-state index in [0.717, 1.165) is 0 Å². The van der Waals surface area contributed by atoms with Crippen molar-refractivity contribution in [3.8, 4) is 5.75 Å². The normalized spacial score (nSPS) is 18.1. The Kier molecular flexibility index (Phi) is 7.02. The maximum Gasteiger partial charge on any atom is 0.295 e. The van der Waals surface area contributed by atoms with Crippen molar-refractivity contribution in [2.24, 2.45) is 0 Å². The molecule has 2 aromatic rings. The first-order valence-electron chi connectivity index (χ1n) is 9.25. The zero-order valence-electron chi connectivity index (χ0n) is 16.5. The molecule has 1 fully saturated rings. The first-order valence-corrected chi connectivity index (χ1v) is 10.0. The van der Waals surface area contributed by atoms with Crippen LogP contribution in [0, 0.1) is 0 Å². The monoisotopic (exact) mass is 449 g/mol. The van der Waals surface area contributed by atoms with Crippen LogP contribution < -0.4 is 4.74 Å². The smallest absolute Gasteiger partial charge is 0.295 e. The fourth-order valence-electron chi connectivity index (χ4n) is 3.49. The summed E-state index contributed by atoms with van der Waals surface area (Å²) in [7, 11) is 3.01. The van der Waals surface area contributed by atoms with Crippen LogP contribution in [0.2, 0.25) is 10.0 Å². The van der Waals surface area contributed by atoms with Gasteiger partial charge < -0.3 is 19.5 Å². The lowest BCUT2D eigenvalue weighted by molar-refractivity contribution is -0.140. The number of aliphatic hydroxyl groups is 1. The zero-order valence-corrected chi connectivity index (χ0v) is 18.0. The number of benzene rings is 2. The van der Waals surface area contributed by atoms with Gasteiger partial charge in [0.05, 0.1) is 24.3 Å². The van der Waals surface area contributed by atoms with Crippen molar-refractivity contribution in [3.05, 3.63) is 69.2 Å². The molecule has 1 aliphatic heterocycles. The largest absolute Gasteiger partial charge is 0.507 e. The molecule has 2 aromatic carbocycles. The molecule has 0 spiro atoms. The molecule has 0 saturated carbocycles. The number of methoxy groups -OCH3 is 2. The summed E-state index contributed by atoms with van der Waals surface area (Å²) in [6, 6.07) is 10.7. The number of ketones is 1. The first kappa shape index (κ1) is 22.2. The number of halogens is 2. The van der Waals surface area contributed by atoms with Crippen molar-refractivity contribution < 1.29 is 24.2 Å². The van der Waals surface area contributed by atoms with Crippen molar-refractivity contribution in [2.45, 2.75) is 12.5 Å². The van der Waals surface area contributed by atoms with Crippen LogP contribution in [-0.4, -0.2) is 49.1 Å². The second kappa shape index (κ2) is 9.51. The van der Waals surface area contributed by atoms with E-state index in [1.54, 1.807) is 43.5 Å². The molecule has 0 aliphatic carbocycles. The molecule has 1 aliphatic rings. The van der Waals surface area contributed by atoms with Crippen LogP contribution in [0.5, 0.6) is 5.75 Å². The van der Waals surface area contributed by atoms with E-state index in [-0.39, 0.29) is 23.4 Å². The summed E-state index contributed by atoms with van der Waals surface area (Å²) in [5.74, 6) is -1.47. The summed E-state index contributed by atoms with van der Waals surface area (Å²) in [5, 5.41) is 12.0. The average Bonchev–Trinajstić information content (AvgIpc) is 2.99. The van der Waals surface area contributed by atoms with Crippen molar-refractivity contribution >= 4 is 40.7 Å². The van der Waals surface area contributed by atoms with E-state index < -0.39 is 17.7 Å². The summed E-state index contributed by atoms with van der Waals surface area (Å²) in [5.41, 5.74) is 0.859. The topological polar surface area (TPSA) is 76.1 Å². The molecule has 0 bridgehead atoms. The molecule has 0 aromatic heterocycles. The predicted molar refractivity (Wildman–Crippen MR) is 115 cm³/mol. The highest BCUT2D eigenvalue weighted by Gasteiger charge is 2.46. The lowest BCUT2D eigenvalue weighted by Gasteiger charge is -2.25. The molecule has 1 amide bonds. The number of Topliss-reactive ketones (excluding diaryl/α,β-unsaturated/α-hetero) is 1. The number of likely N-dealkylation sites (tertiary alicyclic amines) is 1. The van der Waals surface area contributed by atoms with Gasteiger partial charge in [0.2, 0.25) is 0 Å². The minimum atomic E-state index is -0.775. The van der Waals surface area contributed by atoms with E-state index in [9.17, 15) is 14.7 Å². The van der Waals surface area contributed by atoms with E-state index in [2.05, 4.69) is 0 Å². The molecule has 30 heavy (non-hydrogen) atoms. The van der Waals surface area contributed by atoms with Crippen LogP contribution in [0.1, 0.15) is 23.6 Å². The number of hydrogen-bond donors (Lipinski definition) is 1. The van der Waals surface area contributed by atoms with Gasteiger partial charge in [-0.3, -0.25) is 9.59 Å². The van der Waals surface area contributed by atoms with Crippen molar-refractivity contribution in [1.29, 1.82) is 0 Å². The SMILES string of the molecule is COCCCN1C(=O)C(=O)/C(=C(/O)c2cc(Cl)ccc2OC)C1c1ccc(Cl)cc1. The Morgan fingerprint density at radius 2 is 1.73 bits per heavy atom. The molecule has 1 N–H and O–H groups in total. The van der Waals surface area contributed by atoms with Gasteiger partial charge in [0, 0.05) is 30.3 Å². The molecule has 1 heterocycles. The summed E-state index contributed by atoms with van der Waals surface area (Å²) in [4.78, 5) is 27.2. The van der Waals surface area contributed by atoms with Gasteiger partial charge in [0.15, 0.2) is 0 Å². The summed E-state index contributed by atoms with van der Waals surface area (Å²) < 4.78 is 10.4. The van der Waals surface area contributed by atoms with Crippen LogP contribution >= 0.6 is 23.2 Å². The lowest BCUT2D eigenvalue weighted by Crippen LogP contribution is -2.31. The molecular weight excluding hydrogens is 429 g/mol. The average molecular weight is 450 g/mol. The van der Waals surface area contributed by atoms with Gasteiger partial charge in [-0.25, -0.2) is 0 Å². The fraction of sp³-hybridized carbons (Fsp3) is 0.273. The highest BCUT2D eigenvalue weighted by molar-refractivity contribution is 6.46. The molecule has 1 unspecified atom stereocenters. The third kappa shape index (κ3) is 4.31. The van der Waals surface area contributed by atoms with Gasteiger partial charge in [-0.2, -0.15) is 0 Å². The standard InChI is InChI=1S/C22H21Cl2NO5/c1-29-11-3-10-25-19(13-4-6-14(23)7-5-13)18(21(27)22(25)28)20(26)16-12-15(24)8-9-17(16)30-2/h4-9,12,19,26H,3,10-11H2,1-2H3/b20-18+. The quantitative estimate of drug-likeness (QED) is 0.292. The Bertz CT molecular complexity index is 988. The third-order valence-corrected chi connectivity index (χ3v) is 5.38. The zero-order chi connectivity index (χ0) is 21.8. The van der Waals surface area contributed by atoms with Gasteiger partial charge in [-0.1, -0.05) is 35.3 Å². The van der Waals surface area contributed by atoms with E-state index >= 15 is 0 Å². The Hall–Kier alpha value is -2.54. The minimum absolute atomic E-state index is 0.0275. The van der Waals surface area contributed by atoms with Crippen LogP contribution in [0.3, 0.4) is 0 Å². The maximum atomic E-state index is 13.0. The predicted octanol–water partition coefficient (Wildman–Crippen LogP) is 4.46. The number of nitrogens with zero attached hydrogens (tertiary/aromatic N) is 1. The number of hydrogen-bond acceptors (Lipinski definition) is 5. The van der Waals surface area contributed by atoms with Gasteiger partial charge in [0.1, 0.15) is 11.5 Å². The van der Waals surface area contributed by atoms with Crippen LogP contribution in [0.25, 0.3) is 5.76 Å². The second-order valence-electron chi connectivity index (χ2n) is 6.73. The summed E-state index contributed by atoms with van der Waals surface area (Å²) in [6.07, 6.45) is 0.536. The Morgan fingerprint density at radius 3 is 2.37 bits per heavy atom. The molecule has 0 radical (unpaired) electrons. The van der Waals surface area contributed by atoms with Gasteiger partial charge in [-0.05, 0) is 42.3 Å². The number of carbonyl (C=O) groups is 2. The van der Waals surface area contributed by atoms with Gasteiger partial charge in [0.25, 0.3) is 11.7 Å². The van der Waals surface area contributed by atoms with Crippen LogP contribution in [0.15, 0.2) is 48.0 Å². The molecule has 3 rings (SSSR count). The number of ether oxygens (including phenoxy) is 2. The molecule has 6 nitrogen and oxygen atoms in total. The number of amides is 1. The van der Waals surface area contributed by atoms with E-state index in [0.29, 0.717) is 34.4 Å². The van der Waals surface area contributed by atoms with Crippen molar-refractivity contribution in [1.82, 2.24) is 4.90 Å². The first-order chi connectivity index (χ1) is 14.4. The fourth-order valence-corrected chi connectivity index (χ4v) is 3.79. The number of rotatable bonds is 7. The molecule has 1 atom stereocenters. The molecular formula is C22H21Cl2NO5. The number of aliphatic hydroxyl groups excluding tert-OH is 1. The molecule has 1 saturated heterocycles. The maximum absolute atomic E-state index is 13.0. The van der Waals surface area contributed by atoms with Crippen LogP contribution in [0.4, 0.5) is 0 Å². The highest BCUT2D eigenvalue weighted by atomic mass is 35.5. The summed E-state index contributed by atoms with van der Waals surface area (Å²) >= 11 is 12.1. The Morgan fingerprint density at radius 1 is 1.07 bits per heavy atom. The molecule has 8 heteroatoms. The van der Waals surface area contributed by atoms with Crippen molar-refractivity contribution in [2.75, 3.05) is 27.4 Å². The van der Waals surface area contributed by atoms with E-state index in [1.807, 2.05) is 0 Å². The number of carbonyl (C=O) groups excluding carboxylic acids is 2. The van der Waals surface area contributed by atoms with E-state index in [4.69, 9.17) is 32.7 Å². The van der Waals surface area contributed by atoms with Crippen LogP contribution in [-0.2, 0) is 14.3 Å². The second-order valence-corrected chi connectivity index (χ2v) is 7.61. The Balaban J connectivity index is 2.18.